The van der Waals surface area contributed by atoms with Gasteiger partial charge < -0.3 is 25.2 Å². The molecular formula is C30H38N4O2. The molecule has 0 spiro atoms. The van der Waals surface area contributed by atoms with Crippen LogP contribution < -0.4 is 10.6 Å². The Morgan fingerprint density at radius 3 is 2.50 bits per heavy atom. The van der Waals surface area contributed by atoms with Crippen molar-refractivity contribution in [1.29, 1.82) is 0 Å². The molecule has 1 fully saturated rings. The zero-order valence-electron chi connectivity index (χ0n) is 21.9. The highest BCUT2D eigenvalue weighted by atomic mass is 16.4. The molecule has 0 bridgehead atoms. The summed E-state index contributed by atoms with van der Waals surface area (Å²) in [4.78, 5) is 13.9. The fourth-order valence-corrected chi connectivity index (χ4v) is 4.76. The quantitative estimate of drug-likeness (QED) is 0.404. The third-order valence-electron chi connectivity index (χ3n) is 7.33. The molecule has 4 rings (SSSR count). The number of nitrogens with one attached hydrogen (secondary N) is 2. The first-order valence-corrected chi connectivity index (χ1v) is 12.9. The maximum Gasteiger partial charge on any atom is 0.313 e. The summed E-state index contributed by atoms with van der Waals surface area (Å²) in [5.41, 5.74) is 4.34. The van der Waals surface area contributed by atoms with Gasteiger partial charge in [-0.3, -0.25) is 4.79 Å². The molecule has 0 unspecified atom stereocenters. The topological polar surface area (TPSA) is 69.5 Å². The third kappa shape index (κ3) is 5.92. The summed E-state index contributed by atoms with van der Waals surface area (Å²) < 4.78 is 2.26. The van der Waals surface area contributed by atoms with E-state index in [1.807, 2.05) is 24.3 Å². The van der Waals surface area contributed by atoms with E-state index < -0.39 is 11.4 Å². The molecule has 3 aromatic rings. The number of fused-ring (bicyclic) bond motifs is 1. The molecule has 1 aromatic heterocycles. The Hall–Kier alpha value is -3.27. The summed E-state index contributed by atoms with van der Waals surface area (Å²) in [5, 5.41) is 17.7. The number of aliphatic carboxylic acids is 1. The van der Waals surface area contributed by atoms with Crippen molar-refractivity contribution in [3.63, 3.8) is 0 Å². The number of carboxylic acids is 1. The summed E-state index contributed by atoms with van der Waals surface area (Å²) in [6, 6.07) is 17.1. The first-order valence-electron chi connectivity index (χ1n) is 12.9. The maximum atomic E-state index is 11.5. The van der Waals surface area contributed by atoms with Crippen LogP contribution in [0.2, 0.25) is 0 Å². The van der Waals surface area contributed by atoms with Crippen LogP contribution in [0.5, 0.6) is 0 Å². The van der Waals surface area contributed by atoms with E-state index in [9.17, 15) is 9.90 Å². The summed E-state index contributed by atoms with van der Waals surface area (Å²) in [7, 11) is 2.20. The van der Waals surface area contributed by atoms with E-state index in [0.717, 1.165) is 30.0 Å². The lowest BCUT2D eigenvalue weighted by Crippen LogP contribution is -2.40. The van der Waals surface area contributed by atoms with Crippen LogP contribution in [-0.4, -0.2) is 53.3 Å². The Labute approximate surface area is 214 Å². The second kappa shape index (κ2) is 11.2. The fraction of sp³-hybridized carbons (Fsp3) is 0.433. The highest BCUT2D eigenvalue weighted by Gasteiger charge is 2.29. The molecule has 0 amide bonds. The number of nitrogens with zero attached hydrogens (tertiary/aromatic N) is 2. The fourth-order valence-electron chi connectivity index (χ4n) is 4.76. The molecule has 2 aromatic carbocycles. The van der Waals surface area contributed by atoms with Gasteiger partial charge in [0, 0.05) is 35.7 Å². The van der Waals surface area contributed by atoms with Crippen molar-refractivity contribution in [2.24, 2.45) is 0 Å². The standard InChI is InChI=1S/C30H38N4O2/c1-5-34-27(7-6-16-31-25-11-9-24(10-12-25)30(2,3)29(35)36)20-23-19-22(8-13-28(23)34)21-32-26-14-17-33(4)18-15-26/h8-13,19-20,26,31-32H,5,14-18,21H2,1-4H3,(H,35,36). The molecule has 1 aliphatic heterocycles. The van der Waals surface area contributed by atoms with Crippen molar-refractivity contribution >= 4 is 22.6 Å². The van der Waals surface area contributed by atoms with Gasteiger partial charge in [0.15, 0.2) is 0 Å². The highest BCUT2D eigenvalue weighted by molar-refractivity contribution is 5.83. The van der Waals surface area contributed by atoms with E-state index in [0.29, 0.717) is 12.6 Å². The van der Waals surface area contributed by atoms with Crippen LogP contribution in [0.1, 0.15) is 50.4 Å². The summed E-state index contributed by atoms with van der Waals surface area (Å²) in [5.74, 6) is 5.74. The number of aromatic nitrogens is 1. The number of piperidine rings is 1. The number of rotatable bonds is 8. The van der Waals surface area contributed by atoms with Crippen LogP contribution in [0.3, 0.4) is 0 Å². The van der Waals surface area contributed by atoms with Gasteiger partial charge in [0.25, 0.3) is 0 Å². The first-order chi connectivity index (χ1) is 17.3. The van der Waals surface area contributed by atoms with E-state index in [4.69, 9.17) is 0 Å². The number of anilines is 1. The molecule has 0 aliphatic carbocycles. The van der Waals surface area contributed by atoms with Crippen molar-refractivity contribution in [3.8, 4) is 11.8 Å². The summed E-state index contributed by atoms with van der Waals surface area (Å²) in [6.07, 6.45) is 2.42. The minimum atomic E-state index is -0.908. The van der Waals surface area contributed by atoms with Crippen LogP contribution in [0.25, 0.3) is 10.9 Å². The SMILES string of the molecule is CCn1c(C#CCNc2ccc(C(C)(C)C(=O)O)cc2)cc2cc(CNC3CCN(C)CC3)ccc21. The first kappa shape index (κ1) is 25.8. The molecule has 0 atom stereocenters. The largest absolute Gasteiger partial charge is 0.481 e. The molecule has 3 N–H and O–H groups in total. The number of aryl methyl sites for hydroxylation is 1. The van der Waals surface area contributed by atoms with Gasteiger partial charge in [-0.2, -0.15) is 0 Å². The molecule has 36 heavy (non-hydrogen) atoms. The maximum absolute atomic E-state index is 11.5. The molecule has 0 saturated carbocycles. The average molecular weight is 487 g/mol. The molecule has 1 saturated heterocycles. The van der Waals surface area contributed by atoms with E-state index in [-0.39, 0.29) is 0 Å². The van der Waals surface area contributed by atoms with Crippen molar-refractivity contribution in [3.05, 3.63) is 65.4 Å². The zero-order chi connectivity index (χ0) is 25.7. The average Bonchev–Trinajstić information content (AvgIpc) is 3.23. The second-order valence-corrected chi connectivity index (χ2v) is 10.3. The molecule has 6 heteroatoms. The molecular weight excluding hydrogens is 448 g/mol. The van der Waals surface area contributed by atoms with Crippen LogP contribution >= 0.6 is 0 Å². The van der Waals surface area contributed by atoms with Gasteiger partial charge in [-0.25, -0.2) is 0 Å². The number of hydrogen-bond acceptors (Lipinski definition) is 4. The van der Waals surface area contributed by atoms with Crippen LogP contribution in [-0.2, 0) is 23.3 Å². The smallest absolute Gasteiger partial charge is 0.313 e. The van der Waals surface area contributed by atoms with Gasteiger partial charge >= 0.3 is 5.97 Å². The van der Waals surface area contributed by atoms with Crippen LogP contribution in [0.15, 0.2) is 48.5 Å². The van der Waals surface area contributed by atoms with Gasteiger partial charge in [-0.05, 0) is 101 Å². The molecule has 6 nitrogen and oxygen atoms in total. The Morgan fingerprint density at radius 2 is 1.83 bits per heavy atom. The van der Waals surface area contributed by atoms with E-state index in [1.165, 1.54) is 42.4 Å². The van der Waals surface area contributed by atoms with Crippen LogP contribution in [0, 0.1) is 11.8 Å². The van der Waals surface area contributed by atoms with Gasteiger partial charge in [0.05, 0.1) is 17.7 Å². The number of carboxylic acid groups (broad SMARTS) is 1. The number of carbonyl (C=O) groups is 1. The summed E-state index contributed by atoms with van der Waals surface area (Å²) in [6.45, 7) is 10.2. The van der Waals surface area contributed by atoms with Crippen molar-refractivity contribution in [2.45, 2.75) is 58.2 Å². The predicted molar refractivity (Wildman–Crippen MR) is 147 cm³/mol. The Balaban J connectivity index is 1.38. The van der Waals surface area contributed by atoms with Gasteiger partial charge in [-0.15, -0.1) is 0 Å². The van der Waals surface area contributed by atoms with E-state index in [1.54, 1.807) is 13.8 Å². The van der Waals surface area contributed by atoms with Gasteiger partial charge in [-0.1, -0.05) is 24.1 Å². The molecule has 190 valence electrons. The van der Waals surface area contributed by atoms with Crippen molar-refractivity contribution in [2.75, 3.05) is 32.0 Å². The zero-order valence-corrected chi connectivity index (χ0v) is 21.9. The second-order valence-electron chi connectivity index (χ2n) is 10.3. The van der Waals surface area contributed by atoms with Gasteiger partial charge in [0.2, 0.25) is 0 Å². The number of likely N-dealkylation sites (tertiary alicyclic amines) is 1. The Bertz CT molecular complexity index is 1260. The predicted octanol–water partition coefficient (Wildman–Crippen LogP) is 4.67. The normalized spacial score (nSPS) is 15.0. The lowest BCUT2D eigenvalue weighted by Gasteiger charge is -2.29. The highest BCUT2D eigenvalue weighted by Crippen LogP contribution is 2.25. The van der Waals surface area contributed by atoms with E-state index >= 15 is 0 Å². The monoisotopic (exact) mass is 486 g/mol. The van der Waals surface area contributed by atoms with Crippen molar-refractivity contribution < 1.29 is 9.90 Å². The number of benzene rings is 2. The number of hydrogen-bond donors (Lipinski definition) is 3. The van der Waals surface area contributed by atoms with E-state index in [2.05, 4.69) is 70.2 Å². The molecule has 0 radical (unpaired) electrons. The van der Waals surface area contributed by atoms with Crippen LogP contribution in [0.4, 0.5) is 5.69 Å². The minimum absolute atomic E-state index is 0.513. The lowest BCUT2D eigenvalue weighted by molar-refractivity contribution is -0.142. The Morgan fingerprint density at radius 1 is 1.11 bits per heavy atom. The minimum Gasteiger partial charge on any atom is -0.481 e. The lowest BCUT2D eigenvalue weighted by atomic mass is 9.85. The molecule has 2 heterocycles. The Kier molecular flexibility index (Phi) is 8.03. The third-order valence-corrected chi connectivity index (χ3v) is 7.33. The molecule has 1 aliphatic rings. The van der Waals surface area contributed by atoms with Crippen molar-refractivity contribution in [1.82, 2.24) is 14.8 Å². The summed E-state index contributed by atoms with van der Waals surface area (Å²) >= 11 is 0. The van der Waals surface area contributed by atoms with Gasteiger partial charge in [0.1, 0.15) is 0 Å².